The van der Waals surface area contributed by atoms with Crippen molar-refractivity contribution in [3.8, 4) is 0 Å². The van der Waals surface area contributed by atoms with E-state index >= 15 is 0 Å². The molecule has 0 amide bonds. The van der Waals surface area contributed by atoms with Crippen LogP contribution in [0.3, 0.4) is 0 Å². The van der Waals surface area contributed by atoms with E-state index in [0.29, 0.717) is 5.92 Å². The van der Waals surface area contributed by atoms with Gasteiger partial charge in [0, 0.05) is 11.6 Å². The number of thiocarbonyl (C=S) groups is 1. The van der Waals surface area contributed by atoms with Crippen LogP contribution in [0.1, 0.15) is 33.6 Å². The lowest BCUT2D eigenvalue weighted by molar-refractivity contribution is 0.547. The van der Waals surface area contributed by atoms with E-state index in [-0.39, 0.29) is 12.0 Å². The first kappa shape index (κ1) is 20.1. The molecule has 0 bridgehead atoms. The van der Waals surface area contributed by atoms with E-state index in [2.05, 4.69) is 71.9 Å². The van der Waals surface area contributed by atoms with Crippen LogP contribution in [0.25, 0.3) is 0 Å². The molecular weight excluding hydrogens is 317 g/mol. The van der Waals surface area contributed by atoms with Gasteiger partial charge in [0.1, 0.15) is 0 Å². The second kappa shape index (κ2) is 10.0. The van der Waals surface area contributed by atoms with E-state index in [1.165, 1.54) is 5.57 Å². The van der Waals surface area contributed by atoms with E-state index in [1.54, 1.807) is 0 Å². The molecule has 0 saturated heterocycles. The van der Waals surface area contributed by atoms with Crippen molar-refractivity contribution < 1.29 is 0 Å². The first-order valence-corrected chi connectivity index (χ1v) is 9.47. The Morgan fingerprint density at radius 3 is 2.48 bits per heavy atom. The van der Waals surface area contributed by atoms with Crippen LogP contribution in [0.15, 0.2) is 60.4 Å². The van der Waals surface area contributed by atoms with Gasteiger partial charge in [-0.05, 0) is 55.3 Å². The second-order valence-electron chi connectivity index (χ2n) is 6.30. The molecule has 3 heteroatoms. The van der Waals surface area contributed by atoms with Gasteiger partial charge in [-0.1, -0.05) is 62.2 Å². The molecule has 0 spiro atoms. The zero-order valence-corrected chi connectivity index (χ0v) is 16.6. The van der Waals surface area contributed by atoms with Gasteiger partial charge in [0.15, 0.2) is 0 Å². The molecule has 1 aliphatic rings. The highest BCUT2D eigenvalue weighted by Crippen LogP contribution is 2.26. The molecule has 0 fully saturated rings. The van der Waals surface area contributed by atoms with Crippen LogP contribution in [0, 0.1) is 11.8 Å². The Kier molecular flexibility index (Phi) is 8.73. The summed E-state index contributed by atoms with van der Waals surface area (Å²) >= 11 is 5.50. The zero-order valence-electron chi connectivity index (χ0n) is 14.6. The average Bonchev–Trinajstić information content (AvgIpc) is 2.48. The Morgan fingerprint density at radius 2 is 1.96 bits per heavy atom. The molecule has 1 aliphatic carbocycles. The Morgan fingerprint density at radius 1 is 1.30 bits per heavy atom. The zero-order chi connectivity index (χ0) is 17.4. The van der Waals surface area contributed by atoms with Crippen molar-refractivity contribution in [2.75, 3.05) is 6.16 Å². The predicted molar refractivity (Wildman–Crippen MR) is 112 cm³/mol. The van der Waals surface area contributed by atoms with Gasteiger partial charge in [0.2, 0.25) is 0 Å². The minimum absolute atomic E-state index is 0.279. The summed E-state index contributed by atoms with van der Waals surface area (Å²) in [6.07, 6.45) is 14.0. The van der Waals surface area contributed by atoms with Gasteiger partial charge in [-0.3, -0.25) is 0 Å². The number of hydrogen-bond donors (Lipinski definition) is 1. The van der Waals surface area contributed by atoms with Crippen molar-refractivity contribution in [2.45, 2.75) is 39.7 Å². The molecule has 1 rings (SSSR count). The fourth-order valence-electron chi connectivity index (χ4n) is 2.76. The third kappa shape index (κ3) is 6.57. The van der Waals surface area contributed by atoms with Gasteiger partial charge in [-0.25, -0.2) is 0 Å². The van der Waals surface area contributed by atoms with Crippen molar-refractivity contribution in [1.82, 2.24) is 5.32 Å². The highest BCUT2D eigenvalue weighted by molar-refractivity contribution is 7.80. The molecule has 23 heavy (non-hydrogen) atoms. The molecule has 0 saturated carbocycles. The minimum Gasteiger partial charge on any atom is -0.379 e. The molecule has 0 heterocycles. The smallest absolute Gasteiger partial charge is 0.0507 e. The summed E-state index contributed by atoms with van der Waals surface area (Å²) in [5, 5.41) is 3.51. The average molecular weight is 348 g/mol. The Labute approximate surface area is 149 Å². The van der Waals surface area contributed by atoms with Crippen molar-refractivity contribution in [3.63, 3.8) is 0 Å². The van der Waals surface area contributed by atoms with Gasteiger partial charge in [-0.2, -0.15) is 0 Å². The van der Waals surface area contributed by atoms with Gasteiger partial charge in [0.05, 0.1) is 6.04 Å². The van der Waals surface area contributed by atoms with Gasteiger partial charge >= 0.3 is 0 Å². The van der Waals surface area contributed by atoms with E-state index < -0.39 is 0 Å². The summed E-state index contributed by atoms with van der Waals surface area (Å²) in [4.78, 5) is 1.03. The van der Waals surface area contributed by atoms with Crippen molar-refractivity contribution in [1.29, 1.82) is 0 Å². The van der Waals surface area contributed by atoms with Gasteiger partial charge < -0.3 is 5.32 Å². The van der Waals surface area contributed by atoms with E-state index in [1.807, 2.05) is 6.92 Å². The van der Waals surface area contributed by atoms with E-state index in [9.17, 15) is 0 Å². The number of nitrogens with one attached hydrogen (secondary N) is 1. The van der Waals surface area contributed by atoms with Crippen LogP contribution in [0.4, 0.5) is 0 Å². The summed E-state index contributed by atoms with van der Waals surface area (Å²) in [6, 6.07) is 0.286. The quantitative estimate of drug-likeness (QED) is 0.341. The van der Waals surface area contributed by atoms with Crippen LogP contribution in [-0.4, -0.2) is 17.1 Å². The number of hydrogen-bond acceptors (Lipinski definition) is 2. The molecule has 0 aromatic carbocycles. The molecule has 126 valence electrons. The molecule has 0 radical (unpaired) electrons. The van der Waals surface area contributed by atoms with Crippen LogP contribution in [-0.2, 0) is 0 Å². The summed E-state index contributed by atoms with van der Waals surface area (Å²) in [6.45, 7) is 14.6. The summed E-state index contributed by atoms with van der Waals surface area (Å²) < 4.78 is 0. The third-order valence-corrected chi connectivity index (χ3v) is 4.84. The lowest BCUT2D eigenvalue weighted by atomic mass is 9.87. The molecule has 4 unspecified atom stereocenters. The maximum atomic E-state index is 5.50. The van der Waals surface area contributed by atoms with Crippen molar-refractivity contribution in [2.24, 2.45) is 11.8 Å². The minimum atomic E-state index is 0.279. The van der Waals surface area contributed by atoms with Crippen molar-refractivity contribution >= 4 is 26.3 Å². The van der Waals surface area contributed by atoms with Crippen LogP contribution < -0.4 is 5.32 Å². The summed E-state index contributed by atoms with van der Waals surface area (Å²) in [5.41, 5.74) is 3.20. The summed E-state index contributed by atoms with van der Waals surface area (Å²) in [5.74, 6) is 0.736. The van der Waals surface area contributed by atoms with Crippen molar-refractivity contribution in [3.05, 3.63) is 60.4 Å². The second-order valence-corrected chi connectivity index (χ2v) is 7.52. The van der Waals surface area contributed by atoms with E-state index in [0.717, 1.165) is 35.1 Å². The monoisotopic (exact) mass is 347 g/mol. The lowest BCUT2D eigenvalue weighted by Gasteiger charge is -2.25. The molecule has 0 aromatic heterocycles. The van der Waals surface area contributed by atoms with Crippen LogP contribution in [0.2, 0.25) is 0 Å². The largest absolute Gasteiger partial charge is 0.379 e. The molecule has 1 nitrogen and oxygen atoms in total. The fourth-order valence-corrected chi connectivity index (χ4v) is 3.24. The number of allylic oxidation sites excluding steroid dienone is 5. The van der Waals surface area contributed by atoms with Crippen LogP contribution >= 0.6 is 21.5 Å². The maximum Gasteiger partial charge on any atom is 0.0507 e. The molecule has 0 aromatic rings. The standard InChI is InChI=1S/C20H30NPS/c1-14(2)19(18(17(5)23)10-8-12-22)13-16(4)21-20-11-7-6-9-15(20)3/h6-7,9,11,13,15,18,20-21H,1,4,8,10,12,22H2,2-3,5H3/b19-13-. The predicted octanol–water partition coefficient (Wildman–Crippen LogP) is 5.38. The Bertz CT molecular complexity index is 542. The molecule has 1 N–H and O–H groups in total. The van der Waals surface area contributed by atoms with Crippen LogP contribution in [0.5, 0.6) is 0 Å². The Balaban J connectivity index is 2.89. The molecule has 4 atom stereocenters. The fraction of sp³-hybridized carbons (Fsp3) is 0.450. The normalized spacial score (nSPS) is 21.8. The maximum absolute atomic E-state index is 5.50. The SMILES string of the molecule is C=C(/C=C(/C(=C)C)C(CCCP)C(C)=S)NC1C=CC=CC1C. The third-order valence-electron chi connectivity index (χ3n) is 4.15. The first-order chi connectivity index (χ1) is 10.9. The number of rotatable bonds is 9. The van der Waals surface area contributed by atoms with Gasteiger partial charge in [-0.15, -0.1) is 9.24 Å². The lowest BCUT2D eigenvalue weighted by Crippen LogP contribution is -2.32. The molecular formula is C20H30NPS. The highest BCUT2D eigenvalue weighted by atomic mass is 32.1. The summed E-state index contributed by atoms with van der Waals surface area (Å²) in [7, 11) is 2.79. The first-order valence-electron chi connectivity index (χ1n) is 8.25. The van der Waals surface area contributed by atoms with E-state index in [4.69, 9.17) is 12.2 Å². The van der Waals surface area contributed by atoms with Gasteiger partial charge in [0.25, 0.3) is 0 Å². The topological polar surface area (TPSA) is 12.0 Å². The molecule has 0 aliphatic heterocycles. The highest BCUT2D eigenvalue weighted by Gasteiger charge is 2.18. The Hall–Kier alpha value is -0.980.